The van der Waals surface area contributed by atoms with Crippen LogP contribution in [0.5, 0.6) is 0 Å². The van der Waals surface area contributed by atoms with E-state index in [0.29, 0.717) is 10.9 Å². The van der Waals surface area contributed by atoms with Gasteiger partial charge in [0.2, 0.25) is 0 Å². The minimum absolute atomic E-state index is 0.00573. The highest BCUT2D eigenvalue weighted by Gasteiger charge is 2.24. The highest BCUT2D eigenvalue weighted by Crippen LogP contribution is 2.24. The summed E-state index contributed by atoms with van der Waals surface area (Å²) >= 11 is 0. The first-order valence-corrected chi connectivity index (χ1v) is 7.97. The maximum atomic E-state index is 12.4. The Morgan fingerprint density at radius 1 is 0.880 bits per heavy atom. The number of fused-ring (bicyclic) bond motifs is 1. The van der Waals surface area contributed by atoms with E-state index in [2.05, 4.69) is 4.98 Å². The number of aromatic nitrogens is 1. The Balaban J connectivity index is 2.68. The first-order valence-electron chi connectivity index (χ1n) is 7.97. The molecule has 0 fully saturated rings. The standard InChI is InChI=1S/C18H19NO6/c1-4-23-16(20)11-7-8-14-12(9-11)15(18(22)25-6-3)13(10-19-14)17(21)24-5-2/h7-10H,4-6H2,1-3H3. The van der Waals surface area contributed by atoms with Gasteiger partial charge in [0.15, 0.2) is 0 Å². The molecule has 0 atom stereocenters. The maximum Gasteiger partial charge on any atom is 0.340 e. The lowest BCUT2D eigenvalue weighted by molar-refractivity contribution is 0.0480. The number of hydrogen-bond donors (Lipinski definition) is 0. The van der Waals surface area contributed by atoms with Crippen molar-refractivity contribution in [1.29, 1.82) is 0 Å². The number of ether oxygens (including phenoxy) is 3. The van der Waals surface area contributed by atoms with Gasteiger partial charge >= 0.3 is 17.9 Å². The van der Waals surface area contributed by atoms with Gasteiger partial charge in [-0.2, -0.15) is 0 Å². The van der Waals surface area contributed by atoms with Crippen LogP contribution < -0.4 is 0 Å². The van der Waals surface area contributed by atoms with Gasteiger partial charge in [0.05, 0.1) is 42.0 Å². The molecule has 1 aromatic heterocycles. The van der Waals surface area contributed by atoms with E-state index >= 15 is 0 Å². The Bertz CT molecular complexity index is 809. The lowest BCUT2D eigenvalue weighted by Gasteiger charge is -2.12. The van der Waals surface area contributed by atoms with Crippen molar-refractivity contribution in [2.45, 2.75) is 20.8 Å². The summed E-state index contributed by atoms with van der Waals surface area (Å²) in [4.78, 5) is 40.7. The number of pyridine rings is 1. The van der Waals surface area contributed by atoms with E-state index in [0.717, 1.165) is 0 Å². The van der Waals surface area contributed by atoms with E-state index < -0.39 is 17.9 Å². The molecule has 0 unspecified atom stereocenters. The topological polar surface area (TPSA) is 91.8 Å². The van der Waals surface area contributed by atoms with Crippen LogP contribution in [0.15, 0.2) is 24.4 Å². The third-order valence-corrected chi connectivity index (χ3v) is 3.35. The van der Waals surface area contributed by atoms with Crippen LogP contribution in [0.3, 0.4) is 0 Å². The molecule has 0 N–H and O–H groups in total. The summed E-state index contributed by atoms with van der Waals surface area (Å²) in [6.45, 7) is 5.54. The fourth-order valence-corrected chi connectivity index (χ4v) is 2.32. The maximum absolute atomic E-state index is 12.4. The molecule has 0 saturated carbocycles. The summed E-state index contributed by atoms with van der Waals surface area (Å²) in [5.41, 5.74) is 0.720. The minimum atomic E-state index is -0.682. The second kappa shape index (κ2) is 8.23. The van der Waals surface area contributed by atoms with Gasteiger partial charge in [-0.05, 0) is 39.0 Å². The predicted molar refractivity (Wildman–Crippen MR) is 89.6 cm³/mol. The van der Waals surface area contributed by atoms with Gasteiger partial charge in [-0.25, -0.2) is 14.4 Å². The molecule has 7 nitrogen and oxygen atoms in total. The second-order valence-electron chi connectivity index (χ2n) is 4.94. The Hall–Kier alpha value is -2.96. The normalized spacial score (nSPS) is 10.4. The fraction of sp³-hybridized carbons (Fsp3) is 0.333. The van der Waals surface area contributed by atoms with Crippen molar-refractivity contribution in [2.75, 3.05) is 19.8 Å². The van der Waals surface area contributed by atoms with Gasteiger partial charge in [0, 0.05) is 11.6 Å². The van der Waals surface area contributed by atoms with Gasteiger partial charge in [-0.1, -0.05) is 0 Å². The molecule has 1 aromatic carbocycles. The van der Waals surface area contributed by atoms with Crippen molar-refractivity contribution >= 4 is 28.8 Å². The average molecular weight is 345 g/mol. The summed E-state index contributed by atoms with van der Waals surface area (Å²) in [7, 11) is 0. The molecule has 0 spiro atoms. The molecule has 0 aliphatic heterocycles. The van der Waals surface area contributed by atoms with E-state index in [9.17, 15) is 14.4 Å². The molecule has 7 heteroatoms. The van der Waals surface area contributed by atoms with Crippen molar-refractivity contribution in [3.8, 4) is 0 Å². The van der Waals surface area contributed by atoms with Crippen molar-refractivity contribution in [3.05, 3.63) is 41.1 Å². The highest BCUT2D eigenvalue weighted by atomic mass is 16.5. The molecule has 0 aliphatic rings. The Kier molecular flexibility index (Phi) is 6.05. The zero-order chi connectivity index (χ0) is 18.4. The van der Waals surface area contributed by atoms with E-state index in [1.54, 1.807) is 32.9 Å². The number of nitrogens with zero attached hydrogens (tertiary/aromatic N) is 1. The molecule has 1 heterocycles. The molecule has 0 saturated heterocycles. The molecule has 2 aromatic rings. The summed E-state index contributed by atoms with van der Waals surface area (Å²) in [6.07, 6.45) is 1.27. The SMILES string of the molecule is CCOC(=O)c1ccc2ncc(C(=O)OCC)c(C(=O)OCC)c2c1. The monoisotopic (exact) mass is 345 g/mol. The fourth-order valence-electron chi connectivity index (χ4n) is 2.32. The van der Waals surface area contributed by atoms with Crippen LogP contribution in [0.1, 0.15) is 51.8 Å². The minimum Gasteiger partial charge on any atom is -0.462 e. The largest absolute Gasteiger partial charge is 0.462 e. The van der Waals surface area contributed by atoms with E-state index in [1.807, 2.05) is 0 Å². The lowest BCUT2D eigenvalue weighted by atomic mass is 10.0. The summed E-state index contributed by atoms with van der Waals surface area (Å²) in [5.74, 6) is -1.89. The quantitative estimate of drug-likeness (QED) is 0.587. The van der Waals surface area contributed by atoms with Crippen LogP contribution in [0.4, 0.5) is 0 Å². The first kappa shape index (κ1) is 18.4. The van der Waals surface area contributed by atoms with Crippen molar-refractivity contribution in [2.24, 2.45) is 0 Å². The first-order chi connectivity index (χ1) is 12.0. The second-order valence-corrected chi connectivity index (χ2v) is 4.94. The van der Waals surface area contributed by atoms with Crippen molar-refractivity contribution in [3.63, 3.8) is 0 Å². The lowest BCUT2D eigenvalue weighted by Crippen LogP contribution is -2.16. The van der Waals surface area contributed by atoms with Crippen LogP contribution in [0, 0.1) is 0 Å². The predicted octanol–water partition coefficient (Wildman–Crippen LogP) is 2.76. The third kappa shape index (κ3) is 3.93. The zero-order valence-electron chi connectivity index (χ0n) is 14.3. The molecule has 25 heavy (non-hydrogen) atoms. The number of esters is 3. The van der Waals surface area contributed by atoms with Crippen molar-refractivity contribution < 1.29 is 28.6 Å². The summed E-state index contributed by atoms with van der Waals surface area (Å²) in [6, 6.07) is 4.60. The van der Waals surface area contributed by atoms with Crippen LogP contribution in [-0.4, -0.2) is 42.7 Å². The molecule has 0 bridgehead atoms. The van der Waals surface area contributed by atoms with E-state index in [-0.39, 0.29) is 36.5 Å². The zero-order valence-corrected chi connectivity index (χ0v) is 14.3. The van der Waals surface area contributed by atoms with E-state index in [1.165, 1.54) is 12.3 Å². The van der Waals surface area contributed by atoms with Crippen LogP contribution in [0.25, 0.3) is 10.9 Å². The number of carbonyl (C=O) groups is 3. The number of benzene rings is 1. The molecular weight excluding hydrogens is 326 g/mol. The number of rotatable bonds is 6. The van der Waals surface area contributed by atoms with Gasteiger partial charge in [0.25, 0.3) is 0 Å². The molecular formula is C18H19NO6. The van der Waals surface area contributed by atoms with Crippen LogP contribution >= 0.6 is 0 Å². The van der Waals surface area contributed by atoms with Gasteiger partial charge in [-0.15, -0.1) is 0 Å². The number of carbonyl (C=O) groups excluding carboxylic acids is 3. The van der Waals surface area contributed by atoms with Gasteiger partial charge < -0.3 is 14.2 Å². The van der Waals surface area contributed by atoms with Crippen molar-refractivity contribution in [1.82, 2.24) is 4.98 Å². The molecule has 0 amide bonds. The Morgan fingerprint density at radius 2 is 1.48 bits per heavy atom. The summed E-state index contributed by atoms with van der Waals surface area (Å²) < 4.78 is 15.0. The van der Waals surface area contributed by atoms with Crippen LogP contribution in [0.2, 0.25) is 0 Å². The van der Waals surface area contributed by atoms with Gasteiger partial charge in [0.1, 0.15) is 0 Å². The van der Waals surface area contributed by atoms with E-state index in [4.69, 9.17) is 14.2 Å². The molecule has 0 radical (unpaired) electrons. The smallest absolute Gasteiger partial charge is 0.340 e. The number of hydrogen-bond acceptors (Lipinski definition) is 7. The van der Waals surface area contributed by atoms with Gasteiger partial charge in [-0.3, -0.25) is 4.98 Å². The Morgan fingerprint density at radius 3 is 2.12 bits per heavy atom. The van der Waals surface area contributed by atoms with Crippen LogP contribution in [-0.2, 0) is 14.2 Å². The Labute approximate surface area is 144 Å². The summed E-state index contributed by atoms with van der Waals surface area (Å²) in [5, 5.41) is 0.328. The molecule has 2 rings (SSSR count). The average Bonchev–Trinajstić information content (AvgIpc) is 2.60. The molecule has 0 aliphatic carbocycles. The molecule has 132 valence electrons. The highest BCUT2D eigenvalue weighted by molar-refractivity contribution is 6.12. The third-order valence-electron chi connectivity index (χ3n) is 3.35.